The molecule has 4 nitrogen and oxygen atoms in total. The number of amides is 2. The Morgan fingerprint density at radius 1 is 1.11 bits per heavy atom. The smallest absolute Gasteiger partial charge is 0.414 e. The first-order valence-electron chi connectivity index (χ1n) is 5.92. The van der Waals surface area contributed by atoms with Gasteiger partial charge in [0.1, 0.15) is 5.60 Å². The summed E-state index contributed by atoms with van der Waals surface area (Å²) < 4.78 is 4.75. The van der Waals surface area contributed by atoms with Crippen molar-refractivity contribution in [2.75, 3.05) is 14.1 Å². The lowest BCUT2D eigenvalue weighted by atomic mass is 10.2. The van der Waals surface area contributed by atoms with E-state index in [1.54, 1.807) is 45.0 Å². The molecular formula is C14H19ClNO3+. The Kier molecular flexibility index (Phi) is 4.38. The zero-order valence-corrected chi connectivity index (χ0v) is 12.6. The zero-order chi connectivity index (χ0) is 14.8. The quantitative estimate of drug-likeness (QED) is 0.742. The van der Waals surface area contributed by atoms with Crippen molar-refractivity contribution < 1.29 is 18.8 Å². The van der Waals surface area contributed by atoms with Crippen LogP contribution < -0.4 is 0 Å². The van der Waals surface area contributed by atoms with Crippen LogP contribution in [0, 0.1) is 0 Å². The second-order valence-electron chi connectivity index (χ2n) is 5.75. The molecule has 0 aromatic heterocycles. The van der Waals surface area contributed by atoms with E-state index in [1.165, 1.54) is 14.1 Å². The molecule has 0 spiro atoms. The maximum Gasteiger partial charge on any atom is 0.524 e. The van der Waals surface area contributed by atoms with Crippen LogP contribution in [-0.2, 0) is 4.74 Å². The predicted molar refractivity (Wildman–Crippen MR) is 74.1 cm³/mol. The van der Waals surface area contributed by atoms with Gasteiger partial charge in [0.15, 0.2) is 0 Å². The normalized spacial score (nSPS) is 12.1. The summed E-state index contributed by atoms with van der Waals surface area (Å²) in [5.41, 5.74) is -0.215. The summed E-state index contributed by atoms with van der Waals surface area (Å²) in [6.07, 6.45) is -0.590. The lowest BCUT2D eigenvalue weighted by molar-refractivity contribution is -0.732. The summed E-state index contributed by atoms with van der Waals surface area (Å²) in [5, 5.41) is 0.541. The lowest BCUT2D eigenvalue weighted by Crippen LogP contribution is -2.52. The molecule has 0 aliphatic rings. The summed E-state index contributed by atoms with van der Waals surface area (Å²) >= 11 is 5.77. The Morgan fingerprint density at radius 3 is 2.00 bits per heavy atom. The van der Waals surface area contributed by atoms with Crippen molar-refractivity contribution in [2.45, 2.75) is 26.4 Å². The number of nitrogens with zero attached hydrogens (tertiary/aromatic N) is 1. The Labute approximate surface area is 118 Å². The van der Waals surface area contributed by atoms with Gasteiger partial charge in [-0.15, -0.1) is 0 Å². The van der Waals surface area contributed by atoms with Crippen LogP contribution in [-0.4, -0.2) is 36.2 Å². The minimum Gasteiger partial charge on any atom is -0.414 e. The Bertz CT molecular complexity index is 486. The van der Waals surface area contributed by atoms with Crippen LogP contribution in [0.25, 0.3) is 0 Å². The fourth-order valence-corrected chi connectivity index (χ4v) is 1.50. The Balaban J connectivity index is 2.96. The van der Waals surface area contributed by atoms with Gasteiger partial charge in [-0.25, -0.2) is 4.79 Å². The summed E-state index contributed by atoms with van der Waals surface area (Å²) in [7, 11) is 3.01. The summed E-state index contributed by atoms with van der Waals surface area (Å²) in [5.74, 6) is -0.342. The number of benzene rings is 1. The number of hydrogen-bond acceptors (Lipinski definition) is 3. The molecule has 1 aromatic carbocycles. The zero-order valence-electron chi connectivity index (χ0n) is 11.9. The molecule has 0 radical (unpaired) electrons. The van der Waals surface area contributed by atoms with Gasteiger partial charge in [0.25, 0.3) is 0 Å². The van der Waals surface area contributed by atoms with E-state index in [4.69, 9.17) is 16.3 Å². The van der Waals surface area contributed by atoms with Gasteiger partial charge in [-0.05, 0) is 45.0 Å². The largest absolute Gasteiger partial charge is 0.524 e. The number of hydrogen-bond donors (Lipinski definition) is 0. The number of rotatable bonds is 1. The standard InChI is InChI=1S/C14H19ClNO3/c1-14(2,3)19-13(18)16(4,5)12(17)10-6-8-11(15)9-7-10/h6-9H,1-5H3/q+1. The molecule has 0 saturated heterocycles. The topological polar surface area (TPSA) is 43.4 Å². The van der Waals surface area contributed by atoms with Gasteiger partial charge in [-0.3, -0.25) is 0 Å². The van der Waals surface area contributed by atoms with Gasteiger partial charge in [-0.1, -0.05) is 11.6 Å². The number of quaternary nitrogens is 1. The molecule has 0 bridgehead atoms. The van der Waals surface area contributed by atoms with Crippen LogP contribution in [0.2, 0.25) is 5.02 Å². The second-order valence-corrected chi connectivity index (χ2v) is 6.18. The number of imide groups is 1. The molecule has 0 aliphatic heterocycles. The van der Waals surface area contributed by atoms with E-state index in [0.717, 1.165) is 0 Å². The molecule has 0 saturated carbocycles. The number of halogens is 1. The highest BCUT2D eigenvalue weighted by atomic mass is 35.5. The average molecular weight is 285 g/mol. The molecule has 0 aliphatic carbocycles. The first kappa shape index (κ1) is 15.7. The van der Waals surface area contributed by atoms with Gasteiger partial charge in [0.2, 0.25) is 0 Å². The van der Waals surface area contributed by atoms with E-state index < -0.39 is 16.2 Å². The van der Waals surface area contributed by atoms with Crippen LogP contribution in [0.15, 0.2) is 24.3 Å². The molecule has 1 aromatic rings. The van der Waals surface area contributed by atoms with Gasteiger partial charge >= 0.3 is 12.0 Å². The maximum atomic E-state index is 12.3. The third-order valence-corrected chi connectivity index (χ3v) is 2.70. The predicted octanol–water partition coefficient (Wildman–Crippen LogP) is 3.49. The Morgan fingerprint density at radius 2 is 1.58 bits per heavy atom. The van der Waals surface area contributed by atoms with Crippen LogP contribution >= 0.6 is 11.6 Å². The molecule has 5 heteroatoms. The van der Waals surface area contributed by atoms with Crippen LogP contribution in [0.4, 0.5) is 4.79 Å². The van der Waals surface area contributed by atoms with Gasteiger partial charge in [0, 0.05) is 5.02 Å². The highest BCUT2D eigenvalue weighted by Crippen LogP contribution is 2.18. The summed E-state index contributed by atoms with van der Waals surface area (Å²) in [6, 6.07) is 6.41. The minimum absolute atomic E-state index is 0.342. The fourth-order valence-electron chi connectivity index (χ4n) is 1.37. The molecule has 0 atom stereocenters. The number of carbonyl (C=O) groups excluding carboxylic acids is 2. The van der Waals surface area contributed by atoms with E-state index in [0.29, 0.717) is 10.6 Å². The summed E-state index contributed by atoms with van der Waals surface area (Å²) in [6.45, 7) is 5.28. The van der Waals surface area contributed by atoms with Gasteiger partial charge < -0.3 is 4.74 Å². The van der Waals surface area contributed by atoms with E-state index in [1.807, 2.05) is 0 Å². The van der Waals surface area contributed by atoms with E-state index >= 15 is 0 Å². The SMILES string of the molecule is CC(C)(C)OC(=O)[N+](C)(C)C(=O)c1ccc(Cl)cc1. The maximum absolute atomic E-state index is 12.3. The molecule has 0 heterocycles. The third kappa shape index (κ3) is 4.04. The van der Waals surface area contributed by atoms with Crippen molar-refractivity contribution >= 4 is 23.6 Å². The van der Waals surface area contributed by atoms with Crippen molar-refractivity contribution in [3.05, 3.63) is 34.9 Å². The van der Waals surface area contributed by atoms with Crippen molar-refractivity contribution in [2.24, 2.45) is 0 Å². The van der Waals surface area contributed by atoms with E-state index in [-0.39, 0.29) is 5.91 Å². The van der Waals surface area contributed by atoms with E-state index in [2.05, 4.69) is 0 Å². The molecule has 0 unspecified atom stereocenters. The monoisotopic (exact) mass is 284 g/mol. The van der Waals surface area contributed by atoms with Crippen LogP contribution in [0.3, 0.4) is 0 Å². The number of carbonyl (C=O) groups is 2. The van der Waals surface area contributed by atoms with Crippen LogP contribution in [0.1, 0.15) is 31.1 Å². The molecule has 2 amide bonds. The third-order valence-electron chi connectivity index (χ3n) is 2.45. The van der Waals surface area contributed by atoms with Crippen LogP contribution in [0.5, 0.6) is 0 Å². The molecule has 1 rings (SSSR count). The van der Waals surface area contributed by atoms with Crippen molar-refractivity contribution in [1.82, 2.24) is 0 Å². The minimum atomic E-state index is -0.632. The van der Waals surface area contributed by atoms with Crippen molar-refractivity contribution in [3.63, 3.8) is 0 Å². The number of ether oxygens (including phenoxy) is 1. The molecule has 104 valence electrons. The average Bonchev–Trinajstić information content (AvgIpc) is 2.26. The highest BCUT2D eigenvalue weighted by molar-refractivity contribution is 6.30. The van der Waals surface area contributed by atoms with E-state index in [9.17, 15) is 9.59 Å². The molecule has 0 N–H and O–H groups in total. The van der Waals surface area contributed by atoms with Crippen molar-refractivity contribution in [3.8, 4) is 0 Å². The first-order valence-corrected chi connectivity index (χ1v) is 6.30. The fraction of sp³-hybridized carbons (Fsp3) is 0.429. The highest BCUT2D eigenvalue weighted by Gasteiger charge is 2.40. The Hall–Kier alpha value is -1.39. The van der Waals surface area contributed by atoms with Crippen molar-refractivity contribution in [1.29, 1.82) is 0 Å². The first-order chi connectivity index (χ1) is 8.54. The van der Waals surface area contributed by atoms with Gasteiger partial charge in [-0.2, -0.15) is 9.28 Å². The molecule has 19 heavy (non-hydrogen) atoms. The molecular weight excluding hydrogens is 266 g/mol. The molecule has 0 fully saturated rings. The van der Waals surface area contributed by atoms with Gasteiger partial charge in [0.05, 0.1) is 19.7 Å². The summed E-state index contributed by atoms with van der Waals surface area (Å²) in [4.78, 5) is 24.4. The lowest BCUT2D eigenvalue weighted by Gasteiger charge is -2.27. The second kappa shape index (κ2) is 5.31.